The Morgan fingerprint density at radius 2 is 2.42 bits per heavy atom. The zero-order valence-electron chi connectivity index (χ0n) is 7.75. The van der Waals surface area contributed by atoms with Gasteiger partial charge in [0, 0.05) is 19.5 Å². The molecule has 1 unspecified atom stereocenters. The number of piperidine rings is 1. The molecule has 1 amide bonds. The minimum absolute atomic E-state index is 0.290. The molecule has 1 aliphatic rings. The Morgan fingerprint density at radius 1 is 1.67 bits per heavy atom. The lowest BCUT2D eigenvalue weighted by atomic mass is 9.96. The first-order valence-electron chi connectivity index (χ1n) is 4.75. The normalized spacial score (nSPS) is 24.7. The highest BCUT2D eigenvalue weighted by molar-refractivity contribution is 5.77. The van der Waals surface area contributed by atoms with Crippen molar-refractivity contribution in [2.75, 3.05) is 19.6 Å². The second-order valence-corrected chi connectivity index (χ2v) is 3.48. The molecule has 0 aliphatic carbocycles. The number of amides is 1. The Balaban J connectivity index is 2.37. The average molecular weight is 170 g/mol. The summed E-state index contributed by atoms with van der Waals surface area (Å²) in [5.41, 5.74) is 5.51. The number of nitrogens with zero attached hydrogens (tertiary/aromatic N) is 1. The SMILES string of the molecule is CCCN1CCC(CN)CC1=O. The Kier molecular flexibility index (Phi) is 3.53. The summed E-state index contributed by atoms with van der Waals surface area (Å²) in [5, 5.41) is 0. The molecule has 0 spiro atoms. The quantitative estimate of drug-likeness (QED) is 0.674. The zero-order chi connectivity index (χ0) is 8.97. The van der Waals surface area contributed by atoms with E-state index in [9.17, 15) is 4.79 Å². The van der Waals surface area contributed by atoms with Gasteiger partial charge in [0.1, 0.15) is 0 Å². The van der Waals surface area contributed by atoms with E-state index in [0.29, 0.717) is 24.8 Å². The van der Waals surface area contributed by atoms with Gasteiger partial charge in [-0.05, 0) is 25.3 Å². The summed E-state index contributed by atoms with van der Waals surface area (Å²) >= 11 is 0. The van der Waals surface area contributed by atoms with Gasteiger partial charge in [-0.3, -0.25) is 4.79 Å². The van der Waals surface area contributed by atoms with Crippen LogP contribution in [0.3, 0.4) is 0 Å². The van der Waals surface area contributed by atoms with Gasteiger partial charge in [-0.25, -0.2) is 0 Å². The van der Waals surface area contributed by atoms with Crippen LogP contribution in [0.25, 0.3) is 0 Å². The monoisotopic (exact) mass is 170 g/mol. The molecule has 0 aromatic heterocycles. The van der Waals surface area contributed by atoms with Gasteiger partial charge in [-0.15, -0.1) is 0 Å². The first kappa shape index (κ1) is 9.52. The van der Waals surface area contributed by atoms with Crippen molar-refractivity contribution in [1.29, 1.82) is 0 Å². The second-order valence-electron chi connectivity index (χ2n) is 3.48. The molecule has 1 fully saturated rings. The van der Waals surface area contributed by atoms with Crippen molar-refractivity contribution in [3.63, 3.8) is 0 Å². The Hall–Kier alpha value is -0.570. The molecule has 0 bridgehead atoms. The van der Waals surface area contributed by atoms with Crippen molar-refractivity contribution < 1.29 is 4.79 Å². The molecule has 1 rings (SSSR count). The predicted octanol–water partition coefficient (Wildman–Crippen LogP) is 0.594. The van der Waals surface area contributed by atoms with Gasteiger partial charge < -0.3 is 10.6 Å². The number of carbonyl (C=O) groups is 1. The zero-order valence-corrected chi connectivity index (χ0v) is 7.75. The van der Waals surface area contributed by atoms with Gasteiger partial charge in [0.15, 0.2) is 0 Å². The molecule has 1 aliphatic heterocycles. The van der Waals surface area contributed by atoms with Crippen molar-refractivity contribution in [2.24, 2.45) is 11.7 Å². The number of rotatable bonds is 3. The van der Waals surface area contributed by atoms with Gasteiger partial charge in [0.25, 0.3) is 0 Å². The first-order valence-corrected chi connectivity index (χ1v) is 4.75. The number of likely N-dealkylation sites (tertiary alicyclic amines) is 1. The van der Waals surface area contributed by atoms with Gasteiger partial charge in [-0.1, -0.05) is 6.92 Å². The van der Waals surface area contributed by atoms with Gasteiger partial charge >= 0.3 is 0 Å². The number of hydrogen-bond donors (Lipinski definition) is 1. The molecule has 70 valence electrons. The van der Waals surface area contributed by atoms with Crippen molar-refractivity contribution in [3.8, 4) is 0 Å². The minimum Gasteiger partial charge on any atom is -0.343 e. The fourth-order valence-electron chi connectivity index (χ4n) is 1.65. The first-order chi connectivity index (χ1) is 5.77. The average Bonchev–Trinajstić information content (AvgIpc) is 2.09. The summed E-state index contributed by atoms with van der Waals surface area (Å²) in [6.45, 7) is 4.58. The molecule has 1 atom stereocenters. The van der Waals surface area contributed by atoms with Crippen LogP contribution in [-0.2, 0) is 4.79 Å². The summed E-state index contributed by atoms with van der Waals surface area (Å²) in [7, 11) is 0. The van der Waals surface area contributed by atoms with E-state index in [-0.39, 0.29) is 0 Å². The number of carbonyl (C=O) groups excluding carboxylic acids is 1. The summed E-state index contributed by atoms with van der Waals surface area (Å²) in [4.78, 5) is 13.4. The van der Waals surface area contributed by atoms with Crippen LogP contribution in [-0.4, -0.2) is 30.4 Å². The fourth-order valence-corrected chi connectivity index (χ4v) is 1.65. The Labute approximate surface area is 73.9 Å². The smallest absolute Gasteiger partial charge is 0.222 e. The van der Waals surface area contributed by atoms with Crippen molar-refractivity contribution >= 4 is 5.91 Å². The second kappa shape index (κ2) is 4.45. The van der Waals surface area contributed by atoms with E-state index >= 15 is 0 Å². The molecule has 0 radical (unpaired) electrons. The summed E-state index contributed by atoms with van der Waals surface area (Å²) in [6.07, 6.45) is 2.80. The van der Waals surface area contributed by atoms with E-state index < -0.39 is 0 Å². The van der Waals surface area contributed by atoms with E-state index in [0.717, 1.165) is 25.9 Å². The van der Waals surface area contributed by atoms with Gasteiger partial charge in [0.05, 0.1) is 0 Å². The van der Waals surface area contributed by atoms with Crippen molar-refractivity contribution in [2.45, 2.75) is 26.2 Å². The van der Waals surface area contributed by atoms with E-state index in [1.807, 2.05) is 4.90 Å². The van der Waals surface area contributed by atoms with Crippen molar-refractivity contribution in [3.05, 3.63) is 0 Å². The maximum absolute atomic E-state index is 11.4. The maximum Gasteiger partial charge on any atom is 0.222 e. The summed E-state index contributed by atoms with van der Waals surface area (Å²) in [6, 6.07) is 0. The summed E-state index contributed by atoms with van der Waals surface area (Å²) in [5.74, 6) is 0.726. The van der Waals surface area contributed by atoms with Crippen LogP contribution in [0, 0.1) is 5.92 Å². The fraction of sp³-hybridized carbons (Fsp3) is 0.889. The van der Waals surface area contributed by atoms with Gasteiger partial charge in [0.2, 0.25) is 5.91 Å². The minimum atomic E-state index is 0.290. The molecule has 0 saturated carbocycles. The van der Waals surface area contributed by atoms with Crippen LogP contribution in [0.4, 0.5) is 0 Å². The third kappa shape index (κ3) is 2.21. The molecule has 1 saturated heterocycles. The van der Waals surface area contributed by atoms with Crippen LogP contribution in [0.1, 0.15) is 26.2 Å². The molecule has 1 heterocycles. The lowest BCUT2D eigenvalue weighted by Crippen LogP contribution is -2.40. The topological polar surface area (TPSA) is 46.3 Å². The standard InChI is InChI=1S/C9H18N2O/c1-2-4-11-5-3-8(7-10)6-9(11)12/h8H,2-7,10H2,1H3. The highest BCUT2D eigenvalue weighted by atomic mass is 16.2. The van der Waals surface area contributed by atoms with Crippen LogP contribution in [0.2, 0.25) is 0 Å². The van der Waals surface area contributed by atoms with E-state index in [2.05, 4.69) is 6.92 Å². The van der Waals surface area contributed by atoms with Crippen LogP contribution in [0.5, 0.6) is 0 Å². The number of hydrogen-bond acceptors (Lipinski definition) is 2. The van der Waals surface area contributed by atoms with Crippen LogP contribution < -0.4 is 5.73 Å². The third-order valence-corrected chi connectivity index (χ3v) is 2.45. The molecule has 3 nitrogen and oxygen atoms in total. The lowest BCUT2D eigenvalue weighted by molar-refractivity contribution is -0.134. The molecule has 0 aromatic rings. The Bertz CT molecular complexity index is 159. The van der Waals surface area contributed by atoms with E-state index in [1.54, 1.807) is 0 Å². The molecular formula is C9H18N2O. The van der Waals surface area contributed by atoms with Crippen LogP contribution >= 0.6 is 0 Å². The predicted molar refractivity (Wildman–Crippen MR) is 48.6 cm³/mol. The van der Waals surface area contributed by atoms with E-state index in [4.69, 9.17) is 5.73 Å². The molecule has 3 heteroatoms. The largest absolute Gasteiger partial charge is 0.343 e. The lowest BCUT2D eigenvalue weighted by Gasteiger charge is -2.30. The maximum atomic E-state index is 11.4. The Morgan fingerprint density at radius 3 is 2.92 bits per heavy atom. The summed E-state index contributed by atoms with van der Waals surface area (Å²) < 4.78 is 0. The molecular weight excluding hydrogens is 152 g/mol. The molecule has 0 aromatic carbocycles. The van der Waals surface area contributed by atoms with Crippen LogP contribution in [0.15, 0.2) is 0 Å². The number of nitrogens with two attached hydrogens (primary N) is 1. The highest BCUT2D eigenvalue weighted by Crippen LogP contribution is 2.16. The molecule has 12 heavy (non-hydrogen) atoms. The van der Waals surface area contributed by atoms with Gasteiger partial charge in [-0.2, -0.15) is 0 Å². The van der Waals surface area contributed by atoms with Crippen molar-refractivity contribution in [1.82, 2.24) is 4.90 Å². The molecule has 2 N–H and O–H groups in total. The third-order valence-electron chi connectivity index (χ3n) is 2.45. The highest BCUT2D eigenvalue weighted by Gasteiger charge is 2.23. The van der Waals surface area contributed by atoms with E-state index in [1.165, 1.54) is 0 Å².